The molecular formula is C18H14FNO2. The molecule has 2 N–H and O–H groups in total. The highest BCUT2D eigenvalue weighted by molar-refractivity contribution is 5.98. The molecule has 0 aromatic heterocycles. The SMILES string of the molecule is O=C(Nc1cccc(F)c1)C(O)c1cccc2ccccc12. The molecule has 22 heavy (non-hydrogen) atoms. The Kier molecular flexibility index (Phi) is 3.85. The highest BCUT2D eigenvalue weighted by Crippen LogP contribution is 2.25. The van der Waals surface area contributed by atoms with Gasteiger partial charge in [0.2, 0.25) is 0 Å². The van der Waals surface area contributed by atoms with Crippen LogP contribution < -0.4 is 5.32 Å². The van der Waals surface area contributed by atoms with Gasteiger partial charge in [-0.3, -0.25) is 4.79 Å². The van der Waals surface area contributed by atoms with Crippen LogP contribution in [0.15, 0.2) is 66.7 Å². The van der Waals surface area contributed by atoms with Gasteiger partial charge in [-0.2, -0.15) is 0 Å². The maximum atomic E-state index is 13.1. The zero-order valence-electron chi connectivity index (χ0n) is 11.7. The number of aliphatic hydroxyl groups excluding tert-OH is 1. The summed E-state index contributed by atoms with van der Waals surface area (Å²) < 4.78 is 13.1. The van der Waals surface area contributed by atoms with Crippen LogP contribution in [-0.4, -0.2) is 11.0 Å². The van der Waals surface area contributed by atoms with E-state index in [1.165, 1.54) is 18.2 Å². The first kappa shape index (κ1) is 14.2. The van der Waals surface area contributed by atoms with Crippen LogP contribution in [0.3, 0.4) is 0 Å². The Balaban J connectivity index is 1.89. The van der Waals surface area contributed by atoms with E-state index >= 15 is 0 Å². The largest absolute Gasteiger partial charge is 0.378 e. The van der Waals surface area contributed by atoms with Gasteiger partial charge in [0.15, 0.2) is 6.10 Å². The summed E-state index contributed by atoms with van der Waals surface area (Å²) in [6.45, 7) is 0. The van der Waals surface area contributed by atoms with Gasteiger partial charge in [0, 0.05) is 5.69 Å². The molecule has 0 fully saturated rings. The average molecular weight is 295 g/mol. The Morgan fingerprint density at radius 2 is 1.73 bits per heavy atom. The molecule has 0 aliphatic rings. The van der Waals surface area contributed by atoms with Crippen molar-refractivity contribution in [3.8, 4) is 0 Å². The van der Waals surface area contributed by atoms with E-state index in [2.05, 4.69) is 5.32 Å². The molecule has 3 aromatic rings. The lowest BCUT2D eigenvalue weighted by Crippen LogP contribution is -2.21. The fraction of sp³-hybridized carbons (Fsp3) is 0.0556. The third-order valence-electron chi connectivity index (χ3n) is 3.46. The van der Waals surface area contributed by atoms with E-state index < -0.39 is 17.8 Å². The maximum Gasteiger partial charge on any atom is 0.257 e. The molecule has 3 nitrogen and oxygen atoms in total. The monoisotopic (exact) mass is 295 g/mol. The normalized spacial score (nSPS) is 12.1. The number of halogens is 1. The molecule has 0 radical (unpaired) electrons. The molecule has 0 aliphatic carbocycles. The summed E-state index contributed by atoms with van der Waals surface area (Å²) in [4.78, 5) is 12.2. The molecule has 0 saturated heterocycles. The number of hydrogen-bond donors (Lipinski definition) is 2. The van der Waals surface area contributed by atoms with Gasteiger partial charge < -0.3 is 10.4 Å². The molecule has 0 heterocycles. The molecule has 0 bridgehead atoms. The number of rotatable bonds is 3. The van der Waals surface area contributed by atoms with Crippen LogP contribution in [0.5, 0.6) is 0 Å². The molecular weight excluding hydrogens is 281 g/mol. The summed E-state index contributed by atoms with van der Waals surface area (Å²) in [6, 6.07) is 18.5. The van der Waals surface area contributed by atoms with Crippen LogP contribution in [0.25, 0.3) is 10.8 Å². The highest BCUT2D eigenvalue weighted by Gasteiger charge is 2.19. The Labute approximate surface area is 127 Å². The number of nitrogens with one attached hydrogen (secondary N) is 1. The number of benzene rings is 3. The van der Waals surface area contributed by atoms with E-state index in [1.807, 2.05) is 30.3 Å². The standard InChI is InChI=1S/C18H14FNO2/c19-13-7-4-8-14(11-13)20-18(22)17(21)16-10-3-6-12-5-1-2-9-15(12)16/h1-11,17,21H,(H,20,22). The maximum absolute atomic E-state index is 13.1. The Morgan fingerprint density at radius 3 is 2.55 bits per heavy atom. The number of anilines is 1. The second kappa shape index (κ2) is 5.95. The number of carbonyl (C=O) groups is 1. The molecule has 1 atom stereocenters. The van der Waals surface area contributed by atoms with Crippen molar-refractivity contribution in [3.63, 3.8) is 0 Å². The van der Waals surface area contributed by atoms with Crippen molar-refractivity contribution in [2.45, 2.75) is 6.10 Å². The van der Waals surface area contributed by atoms with E-state index in [0.717, 1.165) is 10.8 Å². The molecule has 0 saturated carbocycles. The second-order valence-electron chi connectivity index (χ2n) is 4.97. The summed E-state index contributed by atoms with van der Waals surface area (Å²) in [7, 11) is 0. The first-order valence-corrected chi connectivity index (χ1v) is 6.87. The van der Waals surface area contributed by atoms with E-state index in [1.54, 1.807) is 18.2 Å². The lowest BCUT2D eigenvalue weighted by Gasteiger charge is -2.14. The minimum atomic E-state index is -1.32. The molecule has 1 unspecified atom stereocenters. The van der Waals surface area contributed by atoms with Gasteiger partial charge in [0.05, 0.1) is 0 Å². The third kappa shape index (κ3) is 2.82. The minimum absolute atomic E-state index is 0.310. The van der Waals surface area contributed by atoms with Gasteiger partial charge in [-0.15, -0.1) is 0 Å². The molecule has 3 aromatic carbocycles. The van der Waals surface area contributed by atoms with Crippen molar-refractivity contribution in [1.29, 1.82) is 0 Å². The molecule has 0 spiro atoms. The van der Waals surface area contributed by atoms with Crippen LogP contribution in [-0.2, 0) is 4.79 Å². The third-order valence-corrected chi connectivity index (χ3v) is 3.46. The van der Waals surface area contributed by atoms with Gasteiger partial charge in [-0.25, -0.2) is 4.39 Å². The van der Waals surface area contributed by atoms with Gasteiger partial charge in [0.25, 0.3) is 5.91 Å². The summed E-state index contributed by atoms with van der Waals surface area (Å²) in [5.41, 5.74) is 0.830. The molecule has 110 valence electrons. The fourth-order valence-corrected chi connectivity index (χ4v) is 2.41. The van der Waals surface area contributed by atoms with Crippen LogP contribution in [0.2, 0.25) is 0 Å². The predicted molar refractivity (Wildman–Crippen MR) is 83.9 cm³/mol. The van der Waals surface area contributed by atoms with E-state index in [4.69, 9.17) is 0 Å². The van der Waals surface area contributed by atoms with E-state index in [0.29, 0.717) is 11.3 Å². The summed E-state index contributed by atoms with van der Waals surface area (Å²) >= 11 is 0. The molecule has 0 aliphatic heterocycles. The fourth-order valence-electron chi connectivity index (χ4n) is 2.41. The topological polar surface area (TPSA) is 49.3 Å². The number of carbonyl (C=O) groups excluding carboxylic acids is 1. The van der Waals surface area contributed by atoms with Gasteiger partial charge in [-0.05, 0) is 34.5 Å². The second-order valence-corrected chi connectivity index (χ2v) is 4.97. The number of fused-ring (bicyclic) bond motifs is 1. The van der Waals surface area contributed by atoms with Crippen molar-refractivity contribution >= 4 is 22.4 Å². The van der Waals surface area contributed by atoms with Crippen LogP contribution in [0.4, 0.5) is 10.1 Å². The number of hydrogen-bond acceptors (Lipinski definition) is 2. The van der Waals surface area contributed by atoms with Crippen LogP contribution in [0.1, 0.15) is 11.7 Å². The zero-order chi connectivity index (χ0) is 15.5. The van der Waals surface area contributed by atoms with Crippen molar-refractivity contribution in [3.05, 3.63) is 78.1 Å². The van der Waals surface area contributed by atoms with Crippen molar-refractivity contribution in [1.82, 2.24) is 0 Å². The van der Waals surface area contributed by atoms with Crippen LogP contribution in [0, 0.1) is 5.82 Å². The first-order chi connectivity index (χ1) is 10.6. The smallest absolute Gasteiger partial charge is 0.257 e. The minimum Gasteiger partial charge on any atom is -0.378 e. The van der Waals surface area contributed by atoms with Gasteiger partial charge in [0.1, 0.15) is 5.82 Å². The summed E-state index contributed by atoms with van der Waals surface area (Å²) in [5, 5.41) is 14.6. The zero-order valence-corrected chi connectivity index (χ0v) is 11.7. The van der Waals surface area contributed by atoms with Crippen molar-refractivity contribution in [2.24, 2.45) is 0 Å². The molecule has 3 rings (SSSR count). The summed E-state index contributed by atoms with van der Waals surface area (Å²) in [6.07, 6.45) is -1.32. The number of aliphatic hydroxyl groups is 1. The predicted octanol–water partition coefficient (Wildman–Crippen LogP) is 3.65. The Morgan fingerprint density at radius 1 is 1.00 bits per heavy atom. The number of amides is 1. The Bertz CT molecular complexity index is 827. The summed E-state index contributed by atoms with van der Waals surface area (Å²) in [5.74, 6) is -1.04. The molecule has 1 amide bonds. The van der Waals surface area contributed by atoms with Crippen molar-refractivity contribution in [2.75, 3.05) is 5.32 Å². The average Bonchev–Trinajstić information content (AvgIpc) is 2.53. The first-order valence-electron chi connectivity index (χ1n) is 6.87. The lowest BCUT2D eigenvalue weighted by atomic mass is 10.00. The molecule has 4 heteroatoms. The lowest BCUT2D eigenvalue weighted by molar-refractivity contribution is -0.124. The van der Waals surface area contributed by atoms with Gasteiger partial charge in [-0.1, -0.05) is 48.5 Å². The highest BCUT2D eigenvalue weighted by atomic mass is 19.1. The Hall–Kier alpha value is -2.72. The van der Waals surface area contributed by atoms with E-state index in [9.17, 15) is 14.3 Å². The van der Waals surface area contributed by atoms with Crippen molar-refractivity contribution < 1.29 is 14.3 Å². The van der Waals surface area contributed by atoms with E-state index in [-0.39, 0.29) is 0 Å². The quantitative estimate of drug-likeness (QED) is 0.775. The van der Waals surface area contributed by atoms with Crippen LogP contribution >= 0.6 is 0 Å². The van der Waals surface area contributed by atoms with Gasteiger partial charge >= 0.3 is 0 Å².